The van der Waals surface area contributed by atoms with Gasteiger partial charge in [0.05, 0.1) is 0 Å². The molecule has 0 amide bonds. The molecule has 80 valence electrons. The Bertz CT molecular complexity index is 421. The molecule has 0 aliphatic carbocycles. The van der Waals surface area contributed by atoms with Crippen molar-refractivity contribution in [3.05, 3.63) is 36.0 Å². The summed E-state index contributed by atoms with van der Waals surface area (Å²) in [6.45, 7) is 4.41. The minimum atomic E-state index is 0.140. The number of benzene rings is 1. The summed E-state index contributed by atoms with van der Waals surface area (Å²) in [5, 5.41) is 4.61. The van der Waals surface area contributed by atoms with Crippen LogP contribution in [0.1, 0.15) is 19.5 Å². The molecule has 2 N–H and O–H groups in total. The normalized spacial score (nSPS) is 12.2. The second-order valence-electron chi connectivity index (χ2n) is 4.69. The van der Waals surface area contributed by atoms with Gasteiger partial charge in [-0.05, 0) is 38.4 Å². The summed E-state index contributed by atoms with van der Waals surface area (Å²) >= 11 is 0. The van der Waals surface area contributed by atoms with Crippen LogP contribution in [0.25, 0.3) is 10.9 Å². The van der Waals surface area contributed by atoms with Gasteiger partial charge in [0.15, 0.2) is 0 Å². The van der Waals surface area contributed by atoms with Gasteiger partial charge in [0.2, 0.25) is 0 Å². The van der Waals surface area contributed by atoms with E-state index in [1.807, 2.05) is 7.05 Å². The standard InChI is InChI=1S/C13H18N2/c1-13(2,14-3)9-11-8-10-6-4-5-7-12(10)15-11/h4-8,14-15H,9H2,1-3H3. The Morgan fingerprint density at radius 2 is 2.00 bits per heavy atom. The zero-order chi connectivity index (χ0) is 10.9. The molecule has 0 radical (unpaired) electrons. The second-order valence-corrected chi connectivity index (χ2v) is 4.69. The molecule has 0 atom stereocenters. The average Bonchev–Trinajstić information content (AvgIpc) is 2.58. The Morgan fingerprint density at radius 3 is 2.67 bits per heavy atom. The van der Waals surface area contributed by atoms with E-state index in [-0.39, 0.29) is 5.54 Å². The van der Waals surface area contributed by atoms with Crippen molar-refractivity contribution in [1.29, 1.82) is 0 Å². The third kappa shape index (κ3) is 2.21. The number of fused-ring (bicyclic) bond motifs is 1. The van der Waals surface area contributed by atoms with Gasteiger partial charge in [0, 0.05) is 23.2 Å². The van der Waals surface area contributed by atoms with Crippen LogP contribution in [-0.2, 0) is 6.42 Å². The fourth-order valence-electron chi connectivity index (χ4n) is 1.79. The maximum absolute atomic E-state index is 3.45. The number of rotatable bonds is 3. The number of H-pyrrole nitrogens is 1. The zero-order valence-corrected chi connectivity index (χ0v) is 9.59. The van der Waals surface area contributed by atoms with Crippen LogP contribution in [0.5, 0.6) is 0 Å². The average molecular weight is 202 g/mol. The molecule has 0 spiro atoms. The van der Waals surface area contributed by atoms with Crippen LogP contribution in [0.15, 0.2) is 30.3 Å². The van der Waals surface area contributed by atoms with Crippen LogP contribution in [0, 0.1) is 0 Å². The topological polar surface area (TPSA) is 27.8 Å². The Balaban J connectivity index is 2.30. The van der Waals surface area contributed by atoms with Gasteiger partial charge in [-0.2, -0.15) is 0 Å². The van der Waals surface area contributed by atoms with E-state index in [1.54, 1.807) is 0 Å². The van der Waals surface area contributed by atoms with E-state index in [0.717, 1.165) is 6.42 Å². The number of hydrogen-bond acceptors (Lipinski definition) is 1. The summed E-state index contributed by atoms with van der Waals surface area (Å²) in [5.74, 6) is 0. The predicted octanol–water partition coefficient (Wildman–Crippen LogP) is 2.71. The number of aromatic nitrogens is 1. The van der Waals surface area contributed by atoms with Crippen molar-refractivity contribution in [3.63, 3.8) is 0 Å². The number of hydrogen-bond donors (Lipinski definition) is 2. The van der Waals surface area contributed by atoms with E-state index >= 15 is 0 Å². The maximum atomic E-state index is 3.45. The van der Waals surface area contributed by atoms with Gasteiger partial charge in [-0.3, -0.25) is 0 Å². The monoisotopic (exact) mass is 202 g/mol. The number of nitrogens with one attached hydrogen (secondary N) is 2. The Kier molecular flexibility index (Phi) is 2.53. The van der Waals surface area contributed by atoms with Crippen molar-refractivity contribution in [2.24, 2.45) is 0 Å². The first-order valence-corrected chi connectivity index (χ1v) is 5.36. The summed E-state index contributed by atoms with van der Waals surface area (Å²) < 4.78 is 0. The van der Waals surface area contributed by atoms with Crippen molar-refractivity contribution in [2.45, 2.75) is 25.8 Å². The van der Waals surface area contributed by atoms with Gasteiger partial charge in [-0.15, -0.1) is 0 Å². The molecule has 1 heterocycles. The fourth-order valence-corrected chi connectivity index (χ4v) is 1.79. The fraction of sp³-hybridized carbons (Fsp3) is 0.385. The van der Waals surface area contributed by atoms with Crippen LogP contribution in [0.2, 0.25) is 0 Å². The second kappa shape index (κ2) is 3.70. The molecule has 0 bridgehead atoms. The first-order valence-electron chi connectivity index (χ1n) is 5.36. The Labute approximate surface area is 90.7 Å². The first-order chi connectivity index (χ1) is 7.11. The molecule has 0 fully saturated rings. The lowest BCUT2D eigenvalue weighted by Crippen LogP contribution is -2.38. The minimum Gasteiger partial charge on any atom is -0.358 e. The predicted molar refractivity (Wildman–Crippen MR) is 65.1 cm³/mol. The molecule has 2 heteroatoms. The molecule has 2 rings (SSSR count). The minimum absolute atomic E-state index is 0.140. The van der Waals surface area contributed by atoms with Gasteiger partial charge < -0.3 is 10.3 Å². The highest BCUT2D eigenvalue weighted by molar-refractivity contribution is 5.80. The quantitative estimate of drug-likeness (QED) is 0.787. The third-order valence-electron chi connectivity index (χ3n) is 2.89. The Hall–Kier alpha value is -1.28. The van der Waals surface area contributed by atoms with E-state index in [2.05, 4.69) is 54.5 Å². The zero-order valence-electron chi connectivity index (χ0n) is 9.59. The molecule has 0 aliphatic heterocycles. The lowest BCUT2D eigenvalue weighted by atomic mass is 9.99. The smallest absolute Gasteiger partial charge is 0.0456 e. The number of aromatic amines is 1. The van der Waals surface area contributed by atoms with E-state index in [9.17, 15) is 0 Å². The summed E-state index contributed by atoms with van der Waals surface area (Å²) in [6.07, 6.45) is 1.01. The van der Waals surface area contributed by atoms with Crippen LogP contribution < -0.4 is 5.32 Å². The van der Waals surface area contributed by atoms with Gasteiger partial charge in [0.1, 0.15) is 0 Å². The van der Waals surface area contributed by atoms with E-state index in [1.165, 1.54) is 16.6 Å². The van der Waals surface area contributed by atoms with Gasteiger partial charge in [0.25, 0.3) is 0 Å². The molecular weight excluding hydrogens is 184 g/mol. The molecular formula is C13H18N2. The van der Waals surface area contributed by atoms with Crippen molar-refractivity contribution < 1.29 is 0 Å². The van der Waals surface area contributed by atoms with Crippen molar-refractivity contribution in [3.8, 4) is 0 Å². The van der Waals surface area contributed by atoms with E-state index in [0.29, 0.717) is 0 Å². The summed E-state index contributed by atoms with van der Waals surface area (Å²) in [6, 6.07) is 10.6. The molecule has 2 nitrogen and oxygen atoms in total. The molecule has 15 heavy (non-hydrogen) atoms. The van der Waals surface area contributed by atoms with Crippen LogP contribution in [0.4, 0.5) is 0 Å². The summed E-state index contributed by atoms with van der Waals surface area (Å²) in [7, 11) is 2.00. The highest BCUT2D eigenvalue weighted by Gasteiger charge is 2.16. The van der Waals surface area contributed by atoms with Gasteiger partial charge in [-0.25, -0.2) is 0 Å². The summed E-state index contributed by atoms with van der Waals surface area (Å²) in [4.78, 5) is 3.45. The SMILES string of the molecule is CNC(C)(C)Cc1cc2ccccc2[nH]1. The van der Waals surface area contributed by atoms with Crippen molar-refractivity contribution in [2.75, 3.05) is 7.05 Å². The third-order valence-corrected chi connectivity index (χ3v) is 2.89. The number of para-hydroxylation sites is 1. The van der Waals surface area contributed by atoms with E-state index < -0.39 is 0 Å². The molecule has 1 aromatic heterocycles. The summed E-state index contributed by atoms with van der Waals surface area (Å²) in [5.41, 5.74) is 2.65. The first kappa shape index (κ1) is 10.2. The van der Waals surface area contributed by atoms with Crippen molar-refractivity contribution >= 4 is 10.9 Å². The molecule has 0 saturated heterocycles. The highest BCUT2D eigenvalue weighted by atomic mass is 14.9. The molecule has 0 saturated carbocycles. The van der Waals surface area contributed by atoms with Gasteiger partial charge >= 0.3 is 0 Å². The molecule has 0 unspecified atom stereocenters. The molecule has 2 aromatic rings. The van der Waals surface area contributed by atoms with Crippen LogP contribution >= 0.6 is 0 Å². The lowest BCUT2D eigenvalue weighted by Gasteiger charge is -2.22. The molecule has 0 aliphatic rings. The van der Waals surface area contributed by atoms with E-state index in [4.69, 9.17) is 0 Å². The lowest BCUT2D eigenvalue weighted by molar-refractivity contribution is 0.419. The number of likely N-dealkylation sites (N-methyl/N-ethyl adjacent to an activating group) is 1. The largest absolute Gasteiger partial charge is 0.358 e. The van der Waals surface area contributed by atoms with Gasteiger partial charge in [-0.1, -0.05) is 18.2 Å². The van der Waals surface area contributed by atoms with Crippen LogP contribution in [0.3, 0.4) is 0 Å². The molecule has 1 aromatic carbocycles. The van der Waals surface area contributed by atoms with Crippen LogP contribution in [-0.4, -0.2) is 17.6 Å². The maximum Gasteiger partial charge on any atom is 0.0456 e. The van der Waals surface area contributed by atoms with Crippen molar-refractivity contribution in [1.82, 2.24) is 10.3 Å². The Morgan fingerprint density at radius 1 is 1.27 bits per heavy atom. The highest BCUT2D eigenvalue weighted by Crippen LogP contribution is 2.18.